The molecular formula is C22H25ClN6O2. The lowest BCUT2D eigenvalue weighted by atomic mass is 10.1. The van der Waals surface area contributed by atoms with Crippen LogP contribution in [-0.4, -0.2) is 46.8 Å². The molecule has 1 aromatic heterocycles. The minimum Gasteiger partial charge on any atom is -0.369 e. The highest BCUT2D eigenvalue weighted by molar-refractivity contribution is 6.32. The molecule has 31 heavy (non-hydrogen) atoms. The number of carbonyl (C=O) groups excluding carboxylic acids is 2. The number of fused-ring (bicyclic) bond motifs is 2. The minimum atomic E-state index is -0.236. The number of nitrogens with zero attached hydrogens (tertiary/aromatic N) is 3. The maximum Gasteiger partial charge on any atom is 0.259 e. The lowest BCUT2D eigenvalue weighted by Crippen LogP contribution is -2.28. The molecule has 2 aliphatic heterocycles. The van der Waals surface area contributed by atoms with Crippen LogP contribution in [-0.2, 0) is 16.0 Å². The molecule has 0 atom stereocenters. The standard InChI is InChI=1S/C22H25ClN6O2/c1-29-10-4-9-24-20-19-16(22(31)28-21(19)27-13-26-20)12-25-15-7-8-17(23)14(11-15)5-2-3-6-18(29)30/h7-8,11-13,25H,2-6,9-10H2,1H3,(H2,24,26,27,28,31)/b16-12-. The van der Waals surface area contributed by atoms with Crippen molar-refractivity contribution in [3.05, 3.63) is 46.9 Å². The molecule has 2 bridgehead atoms. The van der Waals surface area contributed by atoms with Gasteiger partial charge in [-0.15, -0.1) is 0 Å². The molecule has 8 nitrogen and oxygen atoms in total. The van der Waals surface area contributed by atoms with Gasteiger partial charge in [0.2, 0.25) is 5.91 Å². The molecule has 162 valence electrons. The van der Waals surface area contributed by atoms with E-state index in [0.717, 1.165) is 36.9 Å². The second-order valence-corrected chi connectivity index (χ2v) is 8.12. The van der Waals surface area contributed by atoms with Gasteiger partial charge in [-0.25, -0.2) is 9.97 Å². The molecule has 3 heterocycles. The van der Waals surface area contributed by atoms with E-state index in [-0.39, 0.29) is 11.8 Å². The van der Waals surface area contributed by atoms with E-state index in [1.54, 1.807) is 11.1 Å². The fraction of sp³-hybridized carbons (Fsp3) is 0.364. The Bertz CT molecular complexity index is 1040. The molecule has 2 aromatic rings. The second-order valence-electron chi connectivity index (χ2n) is 7.71. The third-order valence-electron chi connectivity index (χ3n) is 5.50. The van der Waals surface area contributed by atoms with E-state index in [4.69, 9.17) is 11.6 Å². The van der Waals surface area contributed by atoms with Crippen LogP contribution < -0.4 is 16.0 Å². The van der Waals surface area contributed by atoms with Gasteiger partial charge < -0.3 is 20.9 Å². The van der Waals surface area contributed by atoms with Crippen molar-refractivity contribution in [3.8, 4) is 0 Å². The summed E-state index contributed by atoms with van der Waals surface area (Å²) in [5, 5.41) is 9.97. The number of hydrogen-bond donors (Lipinski definition) is 3. The fourth-order valence-electron chi connectivity index (χ4n) is 3.74. The van der Waals surface area contributed by atoms with Gasteiger partial charge in [-0.1, -0.05) is 11.6 Å². The number of benzene rings is 1. The van der Waals surface area contributed by atoms with Crippen LogP contribution in [0.25, 0.3) is 5.57 Å². The van der Waals surface area contributed by atoms with Gasteiger partial charge in [0.1, 0.15) is 18.0 Å². The molecule has 0 radical (unpaired) electrons. The van der Waals surface area contributed by atoms with Crippen LogP contribution in [0.4, 0.5) is 17.3 Å². The summed E-state index contributed by atoms with van der Waals surface area (Å²) in [6, 6.07) is 5.69. The average molecular weight is 441 g/mol. The van der Waals surface area contributed by atoms with Gasteiger partial charge in [-0.3, -0.25) is 9.59 Å². The maximum atomic E-state index is 12.5. The Morgan fingerprint density at radius 1 is 1.06 bits per heavy atom. The number of carbonyl (C=O) groups is 2. The fourth-order valence-corrected chi connectivity index (χ4v) is 3.95. The highest BCUT2D eigenvalue weighted by Crippen LogP contribution is 2.34. The van der Waals surface area contributed by atoms with Crippen molar-refractivity contribution in [1.29, 1.82) is 0 Å². The van der Waals surface area contributed by atoms with E-state index >= 15 is 0 Å². The van der Waals surface area contributed by atoms with Gasteiger partial charge in [0.05, 0.1) is 11.1 Å². The van der Waals surface area contributed by atoms with Crippen LogP contribution in [0, 0.1) is 0 Å². The summed E-state index contributed by atoms with van der Waals surface area (Å²) >= 11 is 6.37. The highest BCUT2D eigenvalue weighted by Gasteiger charge is 2.29. The van der Waals surface area contributed by atoms with Crippen LogP contribution in [0.2, 0.25) is 5.02 Å². The van der Waals surface area contributed by atoms with Gasteiger partial charge in [-0.05, 0) is 49.4 Å². The van der Waals surface area contributed by atoms with Gasteiger partial charge in [0.15, 0.2) is 0 Å². The summed E-state index contributed by atoms with van der Waals surface area (Å²) in [7, 11) is 1.83. The number of aryl methyl sites for hydroxylation is 1. The first-order chi connectivity index (χ1) is 15.0. The summed E-state index contributed by atoms with van der Waals surface area (Å²) < 4.78 is 0. The maximum absolute atomic E-state index is 12.5. The van der Waals surface area contributed by atoms with Crippen molar-refractivity contribution in [3.63, 3.8) is 0 Å². The second kappa shape index (κ2) is 9.34. The quantitative estimate of drug-likeness (QED) is 0.579. The van der Waals surface area contributed by atoms with E-state index < -0.39 is 0 Å². The molecule has 0 saturated heterocycles. The van der Waals surface area contributed by atoms with E-state index in [0.29, 0.717) is 47.3 Å². The van der Waals surface area contributed by atoms with Crippen LogP contribution in [0.1, 0.15) is 36.8 Å². The molecule has 0 spiro atoms. The first kappa shape index (κ1) is 21.1. The third-order valence-corrected chi connectivity index (χ3v) is 5.87. The van der Waals surface area contributed by atoms with Crippen molar-refractivity contribution in [1.82, 2.24) is 14.9 Å². The van der Waals surface area contributed by atoms with E-state index in [1.807, 2.05) is 25.2 Å². The molecule has 2 aliphatic rings. The summed E-state index contributed by atoms with van der Waals surface area (Å²) in [6.07, 6.45) is 6.86. The number of rotatable bonds is 0. The zero-order chi connectivity index (χ0) is 21.8. The Hall–Kier alpha value is -3.13. The molecule has 4 rings (SSSR count). The Morgan fingerprint density at radius 2 is 1.87 bits per heavy atom. The molecule has 3 N–H and O–H groups in total. The summed E-state index contributed by atoms with van der Waals surface area (Å²) in [5.74, 6) is 0.975. The van der Waals surface area contributed by atoms with Crippen molar-refractivity contribution in [2.45, 2.75) is 32.1 Å². The number of amides is 2. The van der Waals surface area contributed by atoms with Crippen molar-refractivity contribution < 1.29 is 9.59 Å². The zero-order valence-electron chi connectivity index (χ0n) is 17.4. The van der Waals surface area contributed by atoms with Crippen molar-refractivity contribution in [2.24, 2.45) is 0 Å². The Kier molecular flexibility index (Phi) is 6.36. The predicted molar refractivity (Wildman–Crippen MR) is 122 cm³/mol. The van der Waals surface area contributed by atoms with E-state index in [9.17, 15) is 9.59 Å². The normalized spacial score (nSPS) is 19.2. The van der Waals surface area contributed by atoms with Crippen LogP contribution >= 0.6 is 11.6 Å². The van der Waals surface area contributed by atoms with Gasteiger partial charge in [-0.2, -0.15) is 0 Å². The molecule has 0 fully saturated rings. The Morgan fingerprint density at radius 3 is 2.74 bits per heavy atom. The monoisotopic (exact) mass is 440 g/mol. The van der Waals surface area contributed by atoms with Gasteiger partial charge in [0.25, 0.3) is 5.91 Å². The number of halogens is 1. The Balaban J connectivity index is 1.65. The summed E-state index contributed by atoms with van der Waals surface area (Å²) in [5.41, 5.74) is 2.94. The first-order valence-electron chi connectivity index (χ1n) is 10.4. The van der Waals surface area contributed by atoms with Crippen LogP contribution in [0.15, 0.2) is 30.7 Å². The molecule has 0 aliphatic carbocycles. The number of nitrogens with one attached hydrogen (secondary N) is 3. The van der Waals surface area contributed by atoms with Gasteiger partial charge >= 0.3 is 0 Å². The molecule has 9 heteroatoms. The summed E-state index contributed by atoms with van der Waals surface area (Å²) in [6.45, 7) is 1.27. The lowest BCUT2D eigenvalue weighted by Gasteiger charge is -2.18. The van der Waals surface area contributed by atoms with Crippen LogP contribution in [0.3, 0.4) is 0 Å². The largest absolute Gasteiger partial charge is 0.369 e. The van der Waals surface area contributed by atoms with Crippen LogP contribution in [0.5, 0.6) is 0 Å². The first-order valence-corrected chi connectivity index (χ1v) is 10.8. The molecule has 0 saturated carbocycles. The third kappa shape index (κ3) is 4.80. The average Bonchev–Trinajstić information content (AvgIpc) is 3.09. The molecular weight excluding hydrogens is 416 g/mol. The predicted octanol–water partition coefficient (Wildman–Crippen LogP) is 3.52. The van der Waals surface area contributed by atoms with Crippen molar-refractivity contribution >= 4 is 46.3 Å². The number of anilines is 3. The molecule has 0 unspecified atom stereocenters. The molecule has 2 amide bonds. The highest BCUT2D eigenvalue weighted by atomic mass is 35.5. The summed E-state index contributed by atoms with van der Waals surface area (Å²) in [4.78, 5) is 35.2. The topological polar surface area (TPSA) is 99.2 Å². The van der Waals surface area contributed by atoms with E-state index in [2.05, 4.69) is 25.9 Å². The van der Waals surface area contributed by atoms with E-state index in [1.165, 1.54) is 6.33 Å². The molecule has 1 aromatic carbocycles. The minimum absolute atomic E-state index is 0.144. The lowest BCUT2D eigenvalue weighted by molar-refractivity contribution is -0.130. The smallest absolute Gasteiger partial charge is 0.259 e. The zero-order valence-corrected chi connectivity index (χ0v) is 18.1. The van der Waals surface area contributed by atoms with Crippen molar-refractivity contribution in [2.75, 3.05) is 36.1 Å². The SMILES string of the molecule is CN1CCCNc2ncnc3c2/C(=C/Nc2ccc(Cl)c(c2)CCCCC1=O)C(=O)N3. The Labute approximate surface area is 186 Å². The number of hydrogen-bond acceptors (Lipinski definition) is 6. The number of aromatic nitrogens is 2. The van der Waals surface area contributed by atoms with Gasteiger partial charge in [0, 0.05) is 43.5 Å².